The lowest BCUT2D eigenvalue weighted by molar-refractivity contribution is 0.602. The molecule has 0 spiro atoms. The van der Waals surface area contributed by atoms with E-state index in [1.807, 2.05) is 6.07 Å². The monoisotopic (exact) mass is 273 g/mol. The Morgan fingerprint density at radius 3 is 2.71 bits per heavy atom. The third-order valence-corrected chi connectivity index (χ3v) is 3.57. The lowest BCUT2D eigenvalue weighted by atomic mass is 10.2. The number of fused-ring (bicyclic) bond motifs is 1. The fraction of sp³-hybridized carbons (Fsp3) is 0.111. The van der Waals surface area contributed by atoms with Crippen LogP contribution in [0, 0.1) is 0 Å². The molecule has 0 bridgehead atoms. The van der Waals surface area contributed by atoms with Crippen molar-refractivity contribution in [2.45, 2.75) is 4.90 Å². The summed E-state index contributed by atoms with van der Waals surface area (Å²) in [6, 6.07) is 6.94. The van der Waals surface area contributed by atoms with E-state index in [0.29, 0.717) is 4.90 Å². The Kier molecular flexibility index (Phi) is 2.16. The van der Waals surface area contributed by atoms with E-state index in [9.17, 15) is 8.42 Å². The number of H-pyrrole nitrogens is 1. The van der Waals surface area contributed by atoms with Gasteiger partial charge in [0.1, 0.15) is 0 Å². The van der Waals surface area contributed by atoms with E-state index < -0.39 is 9.84 Å². The van der Waals surface area contributed by atoms with Crippen LogP contribution in [0.1, 0.15) is 0 Å². The molecule has 1 aromatic carbocycles. The molecule has 1 heterocycles. The summed E-state index contributed by atoms with van der Waals surface area (Å²) in [5, 5.41) is 0.724. The van der Waals surface area contributed by atoms with Crippen molar-refractivity contribution >= 4 is 36.7 Å². The predicted molar refractivity (Wildman–Crippen MR) is 59.1 cm³/mol. The summed E-state index contributed by atoms with van der Waals surface area (Å²) < 4.78 is 23.6. The number of sulfone groups is 1. The first kappa shape index (κ1) is 9.73. The van der Waals surface area contributed by atoms with Gasteiger partial charge >= 0.3 is 0 Å². The summed E-state index contributed by atoms with van der Waals surface area (Å²) in [4.78, 5) is 3.38. The van der Waals surface area contributed by atoms with E-state index >= 15 is 0 Å². The van der Waals surface area contributed by atoms with Crippen LogP contribution in [-0.2, 0) is 9.84 Å². The highest BCUT2D eigenvalue weighted by molar-refractivity contribution is 9.10. The van der Waals surface area contributed by atoms with Crippen LogP contribution in [0.15, 0.2) is 33.8 Å². The smallest absolute Gasteiger partial charge is 0.176 e. The van der Waals surface area contributed by atoms with Crippen molar-refractivity contribution in [3.63, 3.8) is 0 Å². The maximum atomic E-state index is 11.4. The lowest BCUT2D eigenvalue weighted by Crippen LogP contribution is -1.96. The highest BCUT2D eigenvalue weighted by atomic mass is 79.9. The second kappa shape index (κ2) is 3.10. The number of benzene rings is 1. The molecule has 0 saturated carbocycles. The zero-order chi connectivity index (χ0) is 10.3. The molecule has 2 aromatic rings. The van der Waals surface area contributed by atoms with Crippen LogP contribution in [-0.4, -0.2) is 19.7 Å². The number of aromatic nitrogens is 1. The average molecular weight is 274 g/mol. The topological polar surface area (TPSA) is 49.9 Å². The van der Waals surface area contributed by atoms with Crippen molar-refractivity contribution in [2.24, 2.45) is 0 Å². The van der Waals surface area contributed by atoms with Crippen LogP contribution in [0.25, 0.3) is 10.9 Å². The number of aromatic amines is 1. The number of hydrogen-bond acceptors (Lipinski definition) is 2. The molecule has 0 aliphatic carbocycles. The van der Waals surface area contributed by atoms with Gasteiger partial charge in [0.2, 0.25) is 0 Å². The Labute approximate surface area is 90.2 Å². The van der Waals surface area contributed by atoms with Gasteiger partial charge < -0.3 is 4.98 Å². The second-order valence-electron chi connectivity index (χ2n) is 3.11. The van der Waals surface area contributed by atoms with Gasteiger partial charge in [0.25, 0.3) is 0 Å². The Hall–Kier alpha value is -0.810. The molecule has 74 valence electrons. The van der Waals surface area contributed by atoms with Crippen molar-refractivity contribution in [3.8, 4) is 0 Å². The summed E-state index contributed by atoms with van der Waals surface area (Å²) in [6.07, 6.45) is 1.21. The first-order chi connectivity index (χ1) is 6.48. The number of halogens is 1. The van der Waals surface area contributed by atoms with E-state index in [0.717, 1.165) is 15.5 Å². The van der Waals surface area contributed by atoms with E-state index in [-0.39, 0.29) is 0 Å². The van der Waals surface area contributed by atoms with Gasteiger partial charge in [-0.1, -0.05) is 6.07 Å². The largest absolute Gasteiger partial charge is 0.349 e. The molecule has 0 saturated heterocycles. The summed E-state index contributed by atoms with van der Waals surface area (Å²) in [5.41, 5.74) is 0.819. The molecule has 1 N–H and O–H groups in total. The maximum absolute atomic E-state index is 11.4. The van der Waals surface area contributed by atoms with E-state index in [4.69, 9.17) is 0 Å². The van der Waals surface area contributed by atoms with Gasteiger partial charge in [-0.2, -0.15) is 0 Å². The Morgan fingerprint density at radius 2 is 2.07 bits per heavy atom. The molecule has 1 aromatic heterocycles. The minimum atomic E-state index is -3.16. The molecular formula is C9H8BrNO2S. The lowest BCUT2D eigenvalue weighted by Gasteiger charge is -1.98. The third-order valence-electron chi connectivity index (χ3n) is 1.99. The average Bonchev–Trinajstić information content (AvgIpc) is 2.41. The molecule has 0 fully saturated rings. The summed E-state index contributed by atoms with van der Waals surface area (Å²) in [7, 11) is -3.16. The van der Waals surface area contributed by atoms with Crippen molar-refractivity contribution < 1.29 is 8.42 Å². The Morgan fingerprint density at radius 1 is 1.36 bits per heavy atom. The van der Waals surface area contributed by atoms with E-state index in [2.05, 4.69) is 20.9 Å². The van der Waals surface area contributed by atoms with Gasteiger partial charge in [-0.15, -0.1) is 0 Å². The molecule has 0 aliphatic rings. The molecule has 0 atom stereocenters. The maximum Gasteiger partial charge on any atom is 0.176 e. The number of hydrogen-bond donors (Lipinski definition) is 1. The molecular weight excluding hydrogens is 266 g/mol. The predicted octanol–water partition coefficient (Wildman–Crippen LogP) is 2.33. The first-order valence-electron chi connectivity index (χ1n) is 3.96. The van der Waals surface area contributed by atoms with Crippen LogP contribution in [0.5, 0.6) is 0 Å². The first-order valence-corrected chi connectivity index (χ1v) is 6.64. The number of nitrogens with one attached hydrogen (secondary N) is 1. The zero-order valence-corrected chi connectivity index (χ0v) is 9.81. The Bertz CT molecular complexity index is 586. The molecule has 3 nitrogen and oxygen atoms in total. The van der Waals surface area contributed by atoms with Gasteiger partial charge in [0.05, 0.1) is 9.50 Å². The van der Waals surface area contributed by atoms with E-state index in [1.54, 1.807) is 18.2 Å². The molecule has 0 radical (unpaired) electrons. The van der Waals surface area contributed by atoms with Gasteiger partial charge in [-0.25, -0.2) is 8.42 Å². The minimum Gasteiger partial charge on any atom is -0.349 e. The highest BCUT2D eigenvalue weighted by Crippen LogP contribution is 2.25. The standard InChI is InChI=1S/C9H8BrNO2S/c1-14(12,13)8-4-2-3-7-6(8)5-9(10)11-7/h2-5,11H,1H3. The van der Waals surface area contributed by atoms with E-state index in [1.165, 1.54) is 6.26 Å². The van der Waals surface area contributed by atoms with Crippen LogP contribution in [0.3, 0.4) is 0 Å². The summed E-state index contributed by atoms with van der Waals surface area (Å²) >= 11 is 3.28. The van der Waals surface area contributed by atoms with Crippen LogP contribution >= 0.6 is 15.9 Å². The van der Waals surface area contributed by atoms with Crippen molar-refractivity contribution in [1.82, 2.24) is 4.98 Å². The SMILES string of the molecule is CS(=O)(=O)c1cccc2[nH]c(Br)cc12. The fourth-order valence-electron chi connectivity index (χ4n) is 1.42. The van der Waals surface area contributed by atoms with Crippen LogP contribution in [0.4, 0.5) is 0 Å². The van der Waals surface area contributed by atoms with Crippen molar-refractivity contribution in [1.29, 1.82) is 0 Å². The van der Waals surface area contributed by atoms with Crippen LogP contribution in [0.2, 0.25) is 0 Å². The van der Waals surface area contributed by atoms with Crippen LogP contribution < -0.4 is 0 Å². The highest BCUT2D eigenvalue weighted by Gasteiger charge is 2.12. The normalized spacial score (nSPS) is 12.1. The molecule has 5 heteroatoms. The summed E-state index contributed by atoms with van der Waals surface area (Å²) in [5.74, 6) is 0. The quantitative estimate of drug-likeness (QED) is 0.867. The van der Waals surface area contributed by atoms with Gasteiger partial charge in [-0.05, 0) is 34.1 Å². The molecule has 2 rings (SSSR count). The second-order valence-corrected chi connectivity index (χ2v) is 5.95. The Balaban J connectivity index is 2.90. The molecule has 0 unspecified atom stereocenters. The molecule has 0 aliphatic heterocycles. The number of rotatable bonds is 1. The van der Waals surface area contributed by atoms with Crippen molar-refractivity contribution in [2.75, 3.05) is 6.26 Å². The molecule has 0 amide bonds. The van der Waals surface area contributed by atoms with Gasteiger partial charge in [-0.3, -0.25) is 0 Å². The van der Waals surface area contributed by atoms with Crippen molar-refractivity contribution in [3.05, 3.63) is 28.9 Å². The van der Waals surface area contributed by atoms with Gasteiger partial charge in [0.15, 0.2) is 9.84 Å². The zero-order valence-electron chi connectivity index (χ0n) is 7.41. The fourth-order valence-corrected chi connectivity index (χ4v) is 2.75. The van der Waals surface area contributed by atoms with Gasteiger partial charge in [0, 0.05) is 17.2 Å². The minimum absolute atomic E-state index is 0.358. The molecule has 14 heavy (non-hydrogen) atoms. The third kappa shape index (κ3) is 1.57. The summed E-state index contributed by atoms with van der Waals surface area (Å²) in [6.45, 7) is 0.